The predicted octanol–water partition coefficient (Wildman–Crippen LogP) is 4.03. The topological polar surface area (TPSA) is 53.4 Å². The molecule has 1 aromatic heterocycles. The summed E-state index contributed by atoms with van der Waals surface area (Å²) in [6.45, 7) is 4.12. The van der Waals surface area contributed by atoms with E-state index in [-0.39, 0.29) is 5.69 Å². The molecule has 0 spiro atoms. The van der Waals surface area contributed by atoms with E-state index >= 15 is 0 Å². The average Bonchev–Trinajstić information content (AvgIpc) is 3.07. The minimum absolute atomic E-state index is 0.286. The maximum absolute atomic E-state index is 12.1. The number of aromatic nitrogens is 2. The van der Waals surface area contributed by atoms with Crippen LogP contribution in [-0.4, -0.2) is 29.5 Å². The number of carbonyl (C=O) groups is 1. The van der Waals surface area contributed by atoms with Gasteiger partial charge < -0.3 is 9.47 Å². The first-order valence-electron chi connectivity index (χ1n) is 8.11. The van der Waals surface area contributed by atoms with Gasteiger partial charge in [0.15, 0.2) is 5.69 Å². The van der Waals surface area contributed by atoms with E-state index in [9.17, 15) is 4.79 Å². The number of hydrogen-bond donors (Lipinski definition) is 0. The number of benzene rings is 2. The summed E-state index contributed by atoms with van der Waals surface area (Å²) in [4.78, 5) is 12.1. The molecule has 5 heteroatoms. The lowest BCUT2D eigenvalue weighted by Crippen LogP contribution is -2.06. The van der Waals surface area contributed by atoms with Crippen molar-refractivity contribution in [3.05, 3.63) is 65.9 Å². The molecule has 2 aromatic carbocycles. The molecule has 3 rings (SSSR count). The van der Waals surface area contributed by atoms with E-state index in [1.54, 1.807) is 24.8 Å². The van der Waals surface area contributed by atoms with E-state index in [2.05, 4.69) is 11.2 Å². The van der Waals surface area contributed by atoms with Gasteiger partial charge in [-0.3, -0.25) is 0 Å². The minimum atomic E-state index is -0.427. The Labute approximate surface area is 146 Å². The molecule has 0 aliphatic rings. The van der Waals surface area contributed by atoms with Crippen molar-refractivity contribution < 1.29 is 14.3 Å². The summed E-state index contributed by atoms with van der Waals surface area (Å²) in [6, 6.07) is 17.4. The zero-order valence-corrected chi connectivity index (χ0v) is 14.5. The highest BCUT2D eigenvalue weighted by Crippen LogP contribution is 2.26. The van der Waals surface area contributed by atoms with Gasteiger partial charge in [0.05, 0.1) is 25.1 Å². The number of hydrogen-bond acceptors (Lipinski definition) is 4. The second-order valence-electron chi connectivity index (χ2n) is 5.61. The Hall–Kier alpha value is -3.08. The monoisotopic (exact) mass is 336 g/mol. The Balaban J connectivity index is 2.12. The molecule has 0 saturated heterocycles. The molecule has 0 N–H and O–H groups in total. The number of methoxy groups -OCH3 is 1. The lowest BCUT2D eigenvalue weighted by Gasteiger charge is -2.09. The smallest absolute Gasteiger partial charge is 0.358 e. The molecule has 25 heavy (non-hydrogen) atoms. The van der Waals surface area contributed by atoms with Gasteiger partial charge in [-0.1, -0.05) is 23.8 Å². The number of rotatable bonds is 5. The molecule has 0 unspecified atom stereocenters. The van der Waals surface area contributed by atoms with E-state index in [0.29, 0.717) is 6.61 Å². The second kappa shape index (κ2) is 7.21. The Kier molecular flexibility index (Phi) is 4.84. The molecule has 0 saturated carbocycles. The maximum atomic E-state index is 12.1. The number of nitrogens with zero attached hydrogens (tertiary/aromatic N) is 2. The van der Waals surface area contributed by atoms with Gasteiger partial charge in [0.1, 0.15) is 5.75 Å². The summed E-state index contributed by atoms with van der Waals surface area (Å²) in [6.07, 6.45) is 0. The first-order chi connectivity index (χ1) is 12.1. The van der Waals surface area contributed by atoms with Gasteiger partial charge in [0.25, 0.3) is 0 Å². The first kappa shape index (κ1) is 16.8. The molecule has 0 aliphatic carbocycles. The molecular formula is C20H20N2O3. The van der Waals surface area contributed by atoms with Gasteiger partial charge in [0.2, 0.25) is 0 Å². The second-order valence-corrected chi connectivity index (χ2v) is 5.61. The quantitative estimate of drug-likeness (QED) is 0.660. The first-order valence-corrected chi connectivity index (χ1v) is 8.11. The Morgan fingerprint density at radius 3 is 2.52 bits per heavy atom. The molecule has 3 aromatic rings. The predicted molar refractivity (Wildman–Crippen MR) is 96.2 cm³/mol. The van der Waals surface area contributed by atoms with Gasteiger partial charge in [-0.2, -0.15) is 5.10 Å². The molecule has 0 aliphatic heterocycles. The highest BCUT2D eigenvalue weighted by Gasteiger charge is 2.17. The van der Waals surface area contributed by atoms with Crippen LogP contribution in [0.2, 0.25) is 0 Å². The number of aryl methyl sites for hydroxylation is 1. The fourth-order valence-electron chi connectivity index (χ4n) is 2.62. The summed E-state index contributed by atoms with van der Waals surface area (Å²) in [5.74, 6) is 0.335. The number of esters is 1. The molecular weight excluding hydrogens is 316 g/mol. The summed E-state index contributed by atoms with van der Waals surface area (Å²) in [5.41, 5.74) is 4.08. The Morgan fingerprint density at radius 1 is 1.12 bits per heavy atom. The van der Waals surface area contributed by atoms with Gasteiger partial charge in [-0.25, -0.2) is 9.48 Å². The molecule has 0 radical (unpaired) electrons. The highest BCUT2D eigenvalue weighted by atomic mass is 16.5. The molecule has 0 bridgehead atoms. The van der Waals surface area contributed by atoms with Gasteiger partial charge in [-0.15, -0.1) is 0 Å². The van der Waals surface area contributed by atoms with Crippen LogP contribution in [0.1, 0.15) is 23.0 Å². The van der Waals surface area contributed by atoms with Crippen LogP contribution < -0.4 is 4.74 Å². The van der Waals surface area contributed by atoms with Crippen molar-refractivity contribution in [3.63, 3.8) is 0 Å². The SMILES string of the molecule is CCOC(=O)c1cc(-c2cccc(C)c2)n(-c2ccc(OC)cc2)n1. The maximum Gasteiger partial charge on any atom is 0.358 e. The van der Waals surface area contributed by atoms with Crippen LogP contribution in [0.4, 0.5) is 0 Å². The van der Waals surface area contributed by atoms with Gasteiger partial charge >= 0.3 is 5.97 Å². The van der Waals surface area contributed by atoms with Crippen LogP contribution in [0.5, 0.6) is 5.75 Å². The van der Waals surface area contributed by atoms with Crippen molar-refractivity contribution in [3.8, 4) is 22.7 Å². The summed E-state index contributed by atoms with van der Waals surface area (Å²) < 4.78 is 12.1. The van der Waals surface area contributed by atoms with Crippen LogP contribution in [0, 0.1) is 6.92 Å². The molecule has 1 heterocycles. The largest absolute Gasteiger partial charge is 0.497 e. The average molecular weight is 336 g/mol. The summed E-state index contributed by atoms with van der Waals surface area (Å²) in [5, 5.41) is 4.46. The molecule has 5 nitrogen and oxygen atoms in total. The minimum Gasteiger partial charge on any atom is -0.497 e. The lowest BCUT2D eigenvalue weighted by atomic mass is 10.1. The lowest BCUT2D eigenvalue weighted by molar-refractivity contribution is 0.0519. The zero-order valence-electron chi connectivity index (χ0n) is 14.5. The van der Waals surface area contributed by atoms with Crippen LogP contribution in [-0.2, 0) is 4.74 Å². The third-order valence-corrected chi connectivity index (χ3v) is 3.82. The molecule has 0 atom stereocenters. The third kappa shape index (κ3) is 3.55. The third-order valence-electron chi connectivity index (χ3n) is 3.82. The number of carbonyl (C=O) groups excluding carboxylic acids is 1. The Bertz CT molecular complexity index is 882. The van der Waals surface area contributed by atoms with Crippen LogP contribution >= 0.6 is 0 Å². The standard InChI is InChI=1S/C20H20N2O3/c1-4-25-20(23)18-13-19(15-7-5-6-14(2)12-15)22(21-18)16-8-10-17(24-3)11-9-16/h5-13H,4H2,1-3H3. The van der Waals surface area contributed by atoms with Gasteiger partial charge in [0, 0.05) is 5.56 Å². The van der Waals surface area contributed by atoms with Crippen molar-refractivity contribution in [1.82, 2.24) is 9.78 Å². The molecule has 0 amide bonds. The van der Waals surface area contributed by atoms with Crippen molar-refractivity contribution in [2.45, 2.75) is 13.8 Å². The fraction of sp³-hybridized carbons (Fsp3) is 0.200. The van der Waals surface area contributed by atoms with E-state index in [1.165, 1.54) is 0 Å². The fourth-order valence-corrected chi connectivity index (χ4v) is 2.62. The van der Waals surface area contributed by atoms with Crippen LogP contribution in [0.3, 0.4) is 0 Å². The van der Waals surface area contributed by atoms with Crippen molar-refractivity contribution in [1.29, 1.82) is 0 Å². The van der Waals surface area contributed by atoms with Crippen molar-refractivity contribution in [2.24, 2.45) is 0 Å². The van der Waals surface area contributed by atoms with E-state index in [1.807, 2.05) is 49.4 Å². The number of ether oxygens (including phenoxy) is 2. The Morgan fingerprint density at radius 2 is 1.88 bits per heavy atom. The van der Waals surface area contributed by atoms with E-state index in [4.69, 9.17) is 9.47 Å². The van der Waals surface area contributed by atoms with Crippen molar-refractivity contribution in [2.75, 3.05) is 13.7 Å². The van der Waals surface area contributed by atoms with Gasteiger partial charge in [-0.05, 0) is 50.2 Å². The summed E-state index contributed by atoms with van der Waals surface area (Å²) in [7, 11) is 1.62. The molecule has 128 valence electrons. The van der Waals surface area contributed by atoms with Crippen molar-refractivity contribution >= 4 is 5.97 Å². The normalized spacial score (nSPS) is 10.5. The van der Waals surface area contributed by atoms with Crippen LogP contribution in [0.25, 0.3) is 16.9 Å². The van der Waals surface area contributed by atoms with Crippen LogP contribution in [0.15, 0.2) is 54.6 Å². The molecule has 0 fully saturated rings. The van der Waals surface area contributed by atoms with E-state index in [0.717, 1.165) is 28.3 Å². The highest BCUT2D eigenvalue weighted by molar-refractivity contribution is 5.89. The van der Waals surface area contributed by atoms with E-state index < -0.39 is 5.97 Å². The zero-order chi connectivity index (χ0) is 17.8. The summed E-state index contributed by atoms with van der Waals surface area (Å²) >= 11 is 0.